The second-order valence-corrected chi connectivity index (χ2v) is 8.02. The number of esters is 1. The Hall–Kier alpha value is -4.80. The molecule has 0 amide bonds. The molecule has 184 valence electrons. The second-order valence-electron chi connectivity index (χ2n) is 8.02. The second kappa shape index (κ2) is 8.77. The molecule has 0 atom stereocenters. The Kier molecular flexibility index (Phi) is 5.59. The van der Waals surface area contributed by atoms with E-state index in [1.165, 1.54) is 18.7 Å². The molecule has 11 nitrogen and oxygen atoms in total. The molecule has 11 heteroatoms. The van der Waals surface area contributed by atoms with Crippen LogP contribution >= 0.6 is 0 Å². The van der Waals surface area contributed by atoms with E-state index in [0.29, 0.717) is 23.0 Å². The first kappa shape index (κ1) is 23.0. The quantitative estimate of drug-likeness (QED) is 0.336. The average Bonchev–Trinajstić information content (AvgIpc) is 3.46. The summed E-state index contributed by atoms with van der Waals surface area (Å²) in [6.07, 6.45) is 1.78. The fourth-order valence-electron chi connectivity index (χ4n) is 4.25. The van der Waals surface area contributed by atoms with Gasteiger partial charge >= 0.3 is 11.7 Å². The zero-order chi connectivity index (χ0) is 25.6. The topological polar surface area (TPSA) is 111 Å². The number of ether oxygens (including phenoxy) is 3. The molecule has 0 saturated heterocycles. The molecule has 5 aromatic rings. The van der Waals surface area contributed by atoms with Crippen molar-refractivity contribution in [2.24, 2.45) is 7.05 Å². The number of rotatable bonds is 6. The lowest BCUT2D eigenvalue weighted by Crippen LogP contribution is -2.41. The number of hydrogen-bond acceptors (Lipinski definition) is 7. The van der Waals surface area contributed by atoms with Gasteiger partial charge in [-0.3, -0.25) is 23.1 Å². The van der Waals surface area contributed by atoms with Gasteiger partial charge in [0, 0.05) is 24.9 Å². The maximum absolute atomic E-state index is 13.5. The minimum absolute atomic E-state index is 0.152. The van der Waals surface area contributed by atoms with E-state index in [1.54, 1.807) is 36.9 Å². The molecule has 0 fully saturated rings. The van der Waals surface area contributed by atoms with Gasteiger partial charge in [0.2, 0.25) is 5.78 Å². The van der Waals surface area contributed by atoms with E-state index in [1.807, 2.05) is 41.0 Å². The molecule has 2 aromatic carbocycles. The molecule has 3 heterocycles. The van der Waals surface area contributed by atoms with Gasteiger partial charge in [-0.1, -0.05) is 30.3 Å². The molecular formula is C25H23N5O6. The molecule has 0 bridgehead atoms. The van der Waals surface area contributed by atoms with E-state index in [0.717, 1.165) is 15.8 Å². The fraction of sp³-hybridized carbons (Fsp3) is 0.200. The lowest BCUT2D eigenvalue weighted by Gasteiger charge is -2.14. The van der Waals surface area contributed by atoms with Gasteiger partial charge in [-0.25, -0.2) is 9.36 Å². The van der Waals surface area contributed by atoms with Crippen LogP contribution in [0.1, 0.15) is 0 Å². The molecule has 5 rings (SSSR count). The predicted octanol–water partition coefficient (Wildman–Crippen LogP) is 2.00. The summed E-state index contributed by atoms with van der Waals surface area (Å²) in [6, 6.07) is 15.0. The first-order chi connectivity index (χ1) is 17.4. The molecule has 3 aromatic heterocycles. The van der Waals surface area contributed by atoms with Crippen molar-refractivity contribution in [2.45, 2.75) is 6.54 Å². The van der Waals surface area contributed by atoms with Crippen molar-refractivity contribution in [3.05, 3.63) is 75.6 Å². The lowest BCUT2D eigenvalue weighted by molar-refractivity contribution is -0.141. The summed E-state index contributed by atoms with van der Waals surface area (Å²) in [7, 11) is 5.82. The molecule has 0 aliphatic carbocycles. The Morgan fingerprint density at radius 2 is 1.75 bits per heavy atom. The number of fused-ring (bicyclic) bond motifs is 3. The van der Waals surface area contributed by atoms with Crippen LogP contribution in [0.25, 0.3) is 33.9 Å². The van der Waals surface area contributed by atoms with Gasteiger partial charge in [-0.05, 0) is 12.1 Å². The molecule has 0 radical (unpaired) electrons. The Labute approximate surface area is 204 Å². The van der Waals surface area contributed by atoms with Crippen molar-refractivity contribution in [1.82, 2.24) is 23.1 Å². The highest BCUT2D eigenvalue weighted by molar-refractivity contribution is 5.80. The third kappa shape index (κ3) is 3.44. The molecule has 0 unspecified atom stereocenters. The van der Waals surface area contributed by atoms with E-state index in [9.17, 15) is 14.4 Å². The highest BCUT2D eigenvalue weighted by Crippen LogP contribution is 2.34. The molecule has 0 N–H and O–H groups in total. The van der Waals surface area contributed by atoms with Crippen LogP contribution in [0.4, 0.5) is 0 Å². The smallest absolute Gasteiger partial charge is 0.333 e. The summed E-state index contributed by atoms with van der Waals surface area (Å²) in [5, 5.41) is 0. The zero-order valence-electron chi connectivity index (χ0n) is 20.1. The maximum atomic E-state index is 13.5. The molecular weight excluding hydrogens is 466 g/mol. The third-order valence-electron chi connectivity index (χ3n) is 6.06. The number of carbonyl (C=O) groups is 1. The highest BCUT2D eigenvalue weighted by Gasteiger charge is 2.24. The Balaban J connectivity index is 1.91. The SMILES string of the molecule is COC(=O)Cn1c(=O)c2c(nc3n(-c4ccc(OC)cc4OC)c(-c4ccccc4)cn23)n(C)c1=O. The maximum Gasteiger partial charge on any atom is 0.333 e. The third-order valence-corrected chi connectivity index (χ3v) is 6.06. The van der Waals surface area contributed by atoms with Crippen molar-refractivity contribution in [2.75, 3.05) is 21.3 Å². The number of methoxy groups -OCH3 is 3. The summed E-state index contributed by atoms with van der Waals surface area (Å²) in [4.78, 5) is 42.9. The van der Waals surface area contributed by atoms with Crippen LogP contribution in [0.3, 0.4) is 0 Å². The number of hydrogen-bond donors (Lipinski definition) is 0. The summed E-state index contributed by atoms with van der Waals surface area (Å²) in [5.41, 5.74) is 1.27. The van der Waals surface area contributed by atoms with Gasteiger partial charge in [0.1, 0.15) is 18.0 Å². The monoisotopic (exact) mass is 489 g/mol. The largest absolute Gasteiger partial charge is 0.497 e. The van der Waals surface area contributed by atoms with E-state index in [-0.39, 0.29) is 11.2 Å². The van der Waals surface area contributed by atoms with Gasteiger partial charge < -0.3 is 14.2 Å². The zero-order valence-corrected chi connectivity index (χ0v) is 20.1. The van der Waals surface area contributed by atoms with E-state index in [4.69, 9.17) is 9.47 Å². The molecule has 0 aliphatic rings. The van der Waals surface area contributed by atoms with Crippen LogP contribution < -0.4 is 20.7 Å². The normalized spacial score (nSPS) is 11.2. The van der Waals surface area contributed by atoms with Crippen molar-refractivity contribution >= 4 is 22.9 Å². The summed E-state index contributed by atoms with van der Waals surface area (Å²) in [5.74, 6) is 0.811. The van der Waals surface area contributed by atoms with Gasteiger partial charge in [0.05, 0.1) is 32.7 Å². The first-order valence-corrected chi connectivity index (χ1v) is 11.0. The minimum Gasteiger partial charge on any atom is -0.497 e. The van der Waals surface area contributed by atoms with Gasteiger partial charge in [-0.2, -0.15) is 4.98 Å². The van der Waals surface area contributed by atoms with Crippen LogP contribution in [0.5, 0.6) is 11.5 Å². The molecule has 0 saturated carbocycles. The Morgan fingerprint density at radius 1 is 1.00 bits per heavy atom. The Morgan fingerprint density at radius 3 is 2.42 bits per heavy atom. The van der Waals surface area contributed by atoms with Crippen molar-refractivity contribution in [3.8, 4) is 28.4 Å². The van der Waals surface area contributed by atoms with Gasteiger partial charge in [-0.15, -0.1) is 0 Å². The molecule has 0 aliphatic heterocycles. The number of aromatic nitrogens is 5. The standard InChI is InChI=1S/C25H23N5O6/c1-27-22-21(23(32)29(25(27)33)14-20(31)36-4)28-13-18(15-8-6-5-7-9-15)30(24(28)26-22)17-11-10-16(34-2)12-19(17)35-3/h5-13H,14H2,1-4H3. The summed E-state index contributed by atoms with van der Waals surface area (Å²) >= 11 is 0. The van der Waals surface area contributed by atoms with Crippen LogP contribution in [0.15, 0.2) is 64.3 Å². The number of carbonyl (C=O) groups excluding carboxylic acids is 1. The van der Waals surface area contributed by atoms with Crippen molar-refractivity contribution < 1.29 is 19.0 Å². The highest BCUT2D eigenvalue weighted by atomic mass is 16.5. The Bertz CT molecular complexity index is 1740. The van der Waals surface area contributed by atoms with E-state index in [2.05, 4.69) is 9.72 Å². The van der Waals surface area contributed by atoms with E-state index >= 15 is 0 Å². The minimum atomic E-state index is -0.708. The van der Waals surface area contributed by atoms with Crippen LogP contribution in [-0.4, -0.2) is 50.4 Å². The fourth-order valence-corrected chi connectivity index (χ4v) is 4.25. The lowest BCUT2D eigenvalue weighted by atomic mass is 10.1. The average molecular weight is 489 g/mol. The van der Waals surface area contributed by atoms with Gasteiger partial charge in [0.25, 0.3) is 5.56 Å². The van der Waals surface area contributed by atoms with Crippen molar-refractivity contribution in [1.29, 1.82) is 0 Å². The van der Waals surface area contributed by atoms with Crippen LogP contribution in [-0.2, 0) is 23.1 Å². The van der Waals surface area contributed by atoms with E-state index < -0.39 is 23.8 Å². The summed E-state index contributed by atoms with van der Waals surface area (Å²) < 4.78 is 21.2. The van der Waals surface area contributed by atoms with Crippen molar-refractivity contribution in [3.63, 3.8) is 0 Å². The first-order valence-electron chi connectivity index (χ1n) is 11.0. The molecule has 36 heavy (non-hydrogen) atoms. The predicted molar refractivity (Wildman–Crippen MR) is 132 cm³/mol. The summed E-state index contributed by atoms with van der Waals surface area (Å²) in [6.45, 7) is -0.510. The van der Waals surface area contributed by atoms with Crippen LogP contribution in [0.2, 0.25) is 0 Å². The number of benzene rings is 2. The number of nitrogens with zero attached hydrogens (tertiary/aromatic N) is 5. The molecule has 0 spiro atoms. The van der Waals surface area contributed by atoms with Gasteiger partial charge in [0.15, 0.2) is 11.2 Å². The van der Waals surface area contributed by atoms with Crippen LogP contribution in [0, 0.1) is 0 Å². The number of aryl methyl sites for hydroxylation is 1. The number of imidazole rings is 2.